The Balaban J connectivity index is 1.60. The highest BCUT2D eigenvalue weighted by Gasteiger charge is 2.06. The average molecular weight is 374 g/mol. The lowest BCUT2D eigenvalue weighted by atomic mass is 10.2. The molecule has 0 aliphatic rings. The maximum atomic E-state index is 11.8. The van der Waals surface area contributed by atoms with Crippen molar-refractivity contribution < 1.29 is 19.1 Å². The minimum Gasteiger partial charge on any atom is -0.497 e. The summed E-state index contributed by atoms with van der Waals surface area (Å²) in [5.41, 5.74) is 5.95. The van der Waals surface area contributed by atoms with Crippen LogP contribution in [0.4, 0.5) is 0 Å². The van der Waals surface area contributed by atoms with Crippen LogP contribution in [0.2, 0.25) is 0 Å². The third-order valence-electron chi connectivity index (χ3n) is 3.39. The SMILES string of the molecule is COc1ccc(OCCC(=O)NNC(=O)CSc2ccc(C)cc2)cc1. The van der Waals surface area contributed by atoms with Crippen molar-refractivity contribution in [2.45, 2.75) is 18.2 Å². The first-order valence-corrected chi connectivity index (χ1v) is 9.09. The van der Waals surface area contributed by atoms with Crippen LogP contribution in [0.25, 0.3) is 0 Å². The molecule has 2 rings (SSSR count). The molecule has 0 aromatic heterocycles. The van der Waals surface area contributed by atoms with Crippen molar-refractivity contribution in [1.82, 2.24) is 10.9 Å². The average Bonchev–Trinajstić information content (AvgIpc) is 2.66. The Labute approximate surface area is 157 Å². The lowest BCUT2D eigenvalue weighted by Gasteiger charge is -2.09. The Morgan fingerprint density at radius 2 is 1.54 bits per heavy atom. The van der Waals surface area contributed by atoms with Gasteiger partial charge >= 0.3 is 0 Å². The molecule has 0 atom stereocenters. The first kappa shape index (κ1) is 19.7. The first-order valence-electron chi connectivity index (χ1n) is 8.11. The molecule has 2 N–H and O–H groups in total. The first-order chi connectivity index (χ1) is 12.6. The quantitative estimate of drug-likeness (QED) is 0.549. The van der Waals surface area contributed by atoms with Gasteiger partial charge in [-0.15, -0.1) is 11.8 Å². The number of carbonyl (C=O) groups excluding carboxylic acids is 2. The van der Waals surface area contributed by atoms with Gasteiger partial charge in [-0.25, -0.2) is 0 Å². The Hall–Kier alpha value is -2.67. The molecule has 0 saturated heterocycles. The van der Waals surface area contributed by atoms with Crippen LogP contribution in [0.3, 0.4) is 0 Å². The Morgan fingerprint density at radius 1 is 0.923 bits per heavy atom. The van der Waals surface area contributed by atoms with Crippen LogP contribution in [0.15, 0.2) is 53.4 Å². The highest BCUT2D eigenvalue weighted by Crippen LogP contribution is 2.18. The fourth-order valence-electron chi connectivity index (χ4n) is 1.95. The van der Waals surface area contributed by atoms with E-state index < -0.39 is 0 Å². The molecule has 0 aliphatic carbocycles. The summed E-state index contributed by atoms with van der Waals surface area (Å²) in [6.45, 7) is 2.22. The molecule has 26 heavy (non-hydrogen) atoms. The molecule has 138 valence electrons. The van der Waals surface area contributed by atoms with Gasteiger partial charge in [-0.05, 0) is 43.3 Å². The monoisotopic (exact) mass is 374 g/mol. The number of aryl methyl sites for hydroxylation is 1. The molecule has 2 aromatic rings. The van der Waals surface area contributed by atoms with Gasteiger partial charge < -0.3 is 9.47 Å². The van der Waals surface area contributed by atoms with E-state index in [1.165, 1.54) is 17.3 Å². The highest BCUT2D eigenvalue weighted by atomic mass is 32.2. The Kier molecular flexibility index (Phi) is 7.82. The van der Waals surface area contributed by atoms with Crippen LogP contribution in [0.1, 0.15) is 12.0 Å². The van der Waals surface area contributed by atoms with E-state index in [0.29, 0.717) is 5.75 Å². The summed E-state index contributed by atoms with van der Waals surface area (Å²) in [6.07, 6.45) is 0.136. The normalized spacial score (nSPS) is 10.1. The maximum Gasteiger partial charge on any atom is 0.248 e. The van der Waals surface area contributed by atoms with Gasteiger partial charge in [0, 0.05) is 4.90 Å². The molecule has 6 nitrogen and oxygen atoms in total. The molecule has 0 aliphatic heterocycles. The third-order valence-corrected chi connectivity index (χ3v) is 4.40. The second-order valence-corrected chi connectivity index (χ2v) is 6.52. The van der Waals surface area contributed by atoms with Crippen molar-refractivity contribution in [2.24, 2.45) is 0 Å². The fraction of sp³-hybridized carbons (Fsp3) is 0.263. The van der Waals surface area contributed by atoms with E-state index in [1.807, 2.05) is 31.2 Å². The Morgan fingerprint density at radius 3 is 2.19 bits per heavy atom. The zero-order valence-corrected chi connectivity index (χ0v) is 15.6. The number of benzene rings is 2. The summed E-state index contributed by atoms with van der Waals surface area (Å²) >= 11 is 1.41. The molecule has 7 heteroatoms. The van der Waals surface area contributed by atoms with Crippen LogP contribution < -0.4 is 20.3 Å². The fourth-order valence-corrected chi connectivity index (χ4v) is 2.65. The molecule has 2 aromatic carbocycles. The predicted molar refractivity (Wildman–Crippen MR) is 101 cm³/mol. The summed E-state index contributed by atoms with van der Waals surface area (Å²) in [7, 11) is 1.59. The molecule has 0 spiro atoms. The standard InChI is InChI=1S/C19H22N2O4S/c1-14-3-9-17(10-4-14)26-13-19(23)21-20-18(22)11-12-25-16-7-5-15(24-2)6-8-16/h3-10H,11-13H2,1-2H3,(H,20,22)(H,21,23). The Bertz CT molecular complexity index is 717. The zero-order chi connectivity index (χ0) is 18.8. The van der Waals surface area contributed by atoms with E-state index >= 15 is 0 Å². The molecular weight excluding hydrogens is 352 g/mol. The van der Waals surface area contributed by atoms with Crippen molar-refractivity contribution in [1.29, 1.82) is 0 Å². The summed E-state index contributed by atoms with van der Waals surface area (Å²) in [4.78, 5) is 24.5. The predicted octanol–water partition coefficient (Wildman–Crippen LogP) is 2.71. The molecular formula is C19H22N2O4S. The van der Waals surface area contributed by atoms with Crippen LogP contribution in [0, 0.1) is 6.92 Å². The van der Waals surface area contributed by atoms with Gasteiger partial charge in [0.15, 0.2) is 0 Å². The van der Waals surface area contributed by atoms with Gasteiger partial charge in [-0.3, -0.25) is 20.4 Å². The van der Waals surface area contributed by atoms with Gasteiger partial charge in [-0.1, -0.05) is 17.7 Å². The third kappa shape index (κ3) is 7.06. The second kappa shape index (κ2) is 10.4. The van der Waals surface area contributed by atoms with E-state index in [-0.39, 0.29) is 30.6 Å². The van der Waals surface area contributed by atoms with Crippen LogP contribution in [-0.4, -0.2) is 31.3 Å². The van der Waals surface area contributed by atoms with Crippen molar-refractivity contribution in [3.05, 3.63) is 54.1 Å². The minimum absolute atomic E-state index is 0.136. The summed E-state index contributed by atoms with van der Waals surface area (Å²) < 4.78 is 10.5. The molecule has 2 amide bonds. The number of carbonyl (C=O) groups is 2. The molecule has 0 heterocycles. The van der Waals surface area contributed by atoms with Crippen molar-refractivity contribution >= 4 is 23.6 Å². The smallest absolute Gasteiger partial charge is 0.248 e. The van der Waals surface area contributed by atoms with E-state index in [4.69, 9.17) is 9.47 Å². The highest BCUT2D eigenvalue weighted by molar-refractivity contribution is 8.00. The van der Waals surface area contributed by atoms with Crippen molar-refractivity contribution in [2.75, 3.05) is 19.5 Å². The van der Waals surface area contributed by atoms with Gasteiger partial charge in [0.1, 0.15) is 11.5 Å². The number of hydrogen-bond acceptors (Lipinski definition) is 5. The summed E-state index contributed by atoms with van der Waals surface area (Å²) in [5, 5.41) is 0. The largest absolute Gasteiger partial charge is 0.497 e. The van der Waals surface area contributed by atoms with E-state index in [9.17, 15) is 9.59 Å². The van der Waals surface area contributed by atoms with Crippen molar-refractivity contribution in [3.63, 3.8) is 0 Å². The number of hydrazine groups is 1. The van der Waals surface area contributed by atoms with Gasteiger partial charge in [0.25, 0.3) is 0 Å². The van der Waals surface area contributed by atoms with E-state index in [2.05, 4.69) is 10.9 Å². The number of hydrogen-bond donors (Lipinski definition) is 2. The molecule has 0 saturated carbocycles. The van der Waals surface area contributed by atoms with Crippen LogP contribution >= 0.6 is 11.8 Å². The van der Waals surface area contributed by atoms with Crippen LogP contribution in [0.5, 0.6) is 11.5 Å². The maximum absolute atomic E-state index is 11.8. The summed E-state index contributed by atoms with van der Waals surface area (Å²) in [5.74, 6) is 1.04. The number of thioether (sulfide) groups is 1. The number of rotatable bonds is 8. The van der Waals surface area contributed by atoms with Gasteiger partial charge in [-0.2, -0.15) is 0 Å². The zero-order valence-electron chi connectivity index (χ0n) is 14.8. The van der Waals surface area contributed by atoms with E-state index in [1.54, 1.807) is 31.4 Å². The number of nitrogens with one attached hydrogen (secondary N) is 2. The second-order valence-electron chi connectivity index (χ2n) is 5.47. The summed E-state index contributed by atoms with van der Waals surface area (Å²) in [6, 6.07) is 15.0. The van der Waals surface area contributed by atoms with Gasteiger partial charge in [0.05, 0.1) is 25.9 Å². The van der Waals surface area contributed by atoms with E-state index in [0.717, 1.165) is 10.6 Å². The topological polar surface area (TPSA) is 76.7 Å². The number of methoxy groups -OCH3 is 1. The van der Waals surface area contributed by atoms with Crippen molar-refractivity contribution in [3.8, 4) is 11.5 Å². The molecule has 0 radical (unpaired) electrons. The minimum atomic E-state index is -0.313. The number of amides is 2. The van der Waals surface area contributed by atoms with Crippen LogP contribution in [-0.2, 0) is 9.59 Å². The molecule has 0 fully saturated rings. The van der Waals surface area contributed by atoms with Gasteiger partial charge in [0.2, 0.25) is 11.8 Å². The molecule has 0 bridgehead atoms. The molecule has 0 unspecified atom stereocenters. The number of ether oxygens (including phenoxy) is 2. The lowest BCUT2D eigenvalue weighted by Crippen LogP contribution is -2.42. The lowest BCUT2D eigenvalue weighted by molar-refractivity contribution is -0.127.